The minimum atomic E-state index is -0.997. The van der Waals surface area contributed by atoms with Gasteiger partial charge in [0.15, 0.2) is 0 Å². The van der Waals surface area contributed by atoms with Gasteiger partial charge in [-0.15, -0.1) is 0 Å². The van der Waals surface area contributed by atoms with E-state index in [1.807, 2.05) is 74.5 Å². The highest BCUT2D eigenvalue weighted by atomic mass is 16.8. The van der Waals surface area contributed by atoms with Crippen LogP contribution in [-0.2, 0) is 21.0 Å². The van der Waals surface area contributed by atoms with Crippen molar-refractivity contribution >= 4 is 11.7 Å². The van der Waals surface area contributed by atoms with E-state index in [1.165, 1.54) is 0 Å². The van der Waals surface area contributed by atoms with Gasteiger partial charge >= 0.3 is 5.97 Å². The van der Waals surface area contributed by atoms with Crippen LogP contribution in [0.5, 0.6) is 11.5 Å². The summed E-state index contributed by atoms with van der Waals surface area (Å²) < 4.78 is 23.2. The van der Waals surface area contributed by atoms with Gasteiger partial charge in [-0.1, -0.05) is 53.7 Å². The number of aryl methyl sites for hydroxylation is 1. The number of rotatable bonds is 13. The minimum absolute atomic E-state index is 0.0661. The first-order chi connectivity index (χ1) is 19.4. The highest BCUT2D eigenvalue weighted by Crippen LogP contribution is 2.34. The number of carbonyl (C=O) groups is 1. The summed E-state index contributed by atoms with van der Waals surface area (Å²) in [5.74, 6) is 1.36. The SMILES string of the molecule is COc1cc(C(OCc2nc(-c3ccccc3)oc2C)O/N=C(\CCC(=O)O)c2ccccc2)cc(OC)c1C. The van der Waals surface area contributed by atoms with Crippen molar-refractivity contribution in [2.75, 3.05) is 14.2 Å². The molecule has 3 aromatic carbocycles. The van der Waals surface area contributed by atoms with Crippen LogP contribution < -0.4 is 9.47 Å². The molecule has 0 saturated carbocycles. The van der Waals surface area contributed by atoms with E-state index in [-0.39, 0.29) is 19.4 Å². The predicted molar refractivity (Wildman–Crippen MR) is 149 cm³/mol. The Balaban J connectivity index is 1.66. The maximum absolute atomic E-state index is 11.3. The molecule has 0 amide bonds. The van der Waals surface area contributed by atoms with E-state index in [9.17, 15) is 9.90 Å². The lowest BCUT2D eigenvalue weighted by Gasteiger charge is -2.19. The Morgan fingerprint density at radius 1 is 0.950 bits per heavy atom. The van der Waals surface area contributed by atoms with Gasteiger partial charge in [-0.2, -0.15) is 0 Å². The highest BCUT2D eigenvalue weighted by Gasteiger charge is 2.22. The molecule has 0 spiro atoms. The van der Waals surface area contributed by atoms with E-state index in [4.69, 9.17) is 23.5 Å². The number of oxazole rings is 1. The zero-order valence-electron chi connectivity index (χ0n) is 22.9. The number of methoxy groups -OCH3 is 2. The summed E-state index contributed by atoms with van der Waals surface area (Å²) in [6.07, 6.45) is -0.923. The Bertz CT molecular complexity index is 1420. The van der Waals surface area contributed by atoms with Crippen LogP contribution in [0.15, 0.2) is 82.4 Å². The molecule has 1 N–H and O–H groups in total. The molecule has 208 valence electrons. The molecule has 4 aromatic rings. The lowest BCUT2D eigenvalue weighted by Crippen LogP contribution is -2.11. The molecule has 4 rings (SSSR count). The van der Waals surface area contributed by atoms with Crippen molar-refractivity contribution in [3.8, 4) is 23.0 Å². The Hall–Kier alpha value is -4.63. The van der Waals surface area contributed by atoms with Crippen LogP contribution >= 0.6 is 0 Å². The number of hydrogen-bond donors (Lipinski definition) is 1. The third-order valence-corrected chi connectivity index (χ3v) is 6.27. The zero-order valence-corrected chi connectivity index (χ0v) is 22.9. The summed E-state index contributed by atoms with van der Waals surface area (Å²) in [5.41, 5.74) is 4.11. The number of carboxylic acid groups (broad SMARTS) is 1. The number of nitrogens with zero attached hydrogens (tertiary/aromatic N) is 2. The fourth-order valence-electron chi connectivity index (χ4n) is 4.06. The Morgan fingerprint density at radius 2 is 1.57 bits per heavy atom. The maximum Gasteiger partial charge on any atom is 0.303 e. The molecule has 0 radical (unpaired) electrons. The fourth-order valence-corrected chi connectivity index (χ4v) is 4.06. The Morgan fingerprint density at radius 3 is 2.17 bits per heavy atom. The number of ether oxygens (including phenoxy) is 3. The maximum atomic E-state index is 11.3. The first-order valence-corrected chi connectivity index (χ1v) is 12.7. The van der Waals surface area contributed by atoms with Gasteiger partial charge < -0.3 is 28.6 Å². The molecular weight excluding hydrogens is 512 g/mol. The van der Waals surface area contributed by atoms with Crippen LogP contribution in [-0.4, -0.2) is 36.0 Å². The van der Waals surface area contributed by atoms with Gasteiger partial charge in [0, 0.05) is 23.1 Å². The van der Waals surface area contributed by atoms with Crippen LogP contribution in [0.2, 0.25) is 0 Å². The molecular formula is C31H32N2O7. The third-order valence-electron chi connectivity index (χ3n) is 6.27. The molecule has 1 heterocycles. The molecule has 0 fully saturated rings. The largest absolute Gasteiger partial charge is 0.496 e. The van der Waals surface area contributed by atoms with Crippen LogP contribution in [0, 0.1) is 13.8 Å². The van der Waals surface area contributed by atoms with E-state index in [1.54, 1.807) is 26.4 Å². The quantitative estimate of drug-likeness (QED) is 0.116. The number of benzene rings is 3. The summed E-state index contributed by atoms with van der Waals surface area (Å²) in [7, 11) is 3.15. The average molecular weight is 545 g/mol. The molecule has 40 heavy (non-hydrogen) atoms. The molecule has 0 aliphatic rings. The second-order valence-electron chi connectivity index (χ2n) is 8.98. The van der Waals surface area contributed by atoms with E-state index in [0.29, 0.717) is 40.1 Å². The van der Waals surface area contributed by atoms with Gasteiger partial charge in [-0.3, -0.25) is 4.79 Å². The first kappa shape index (κ1) is 28.4. The molecule has 1 aromatic heterocycles. The van der Waals surface area contributed by atoms with Crippen molar-refractivity contribution in [1.29, 1.82) is 0 Å². The molecule has 9 heteroatoms. The smallest absolute Gasteiger partial charge is 0.303 e. The van der Waals surface area contributed by atoms with Crippen molar-refractivity contribution in [1.82, 2.24) is 4.98 Å². The monoisotopic (exact) mass is 544 g/mol. The van der Waals surface area contributed by atoms with Gasteiger partial charge in [0.2, 0.25) is 5.89 Å². The summed E-state index contributed by atoms with van der Waals surface area (Å²) in [6.45, 7) is 3.78. The lowest BCUT2D eigenvalue weighted by molar-refractivity contribution is -0.155. The van der Waals surface area contributed by atoms with Crippen LogP contribution in [0.1, 0.15) is 47.3 Å². The van der Waals surface area contributed by atoms with Crippen molar-refractivity contribution in [2.24, 2.45) is 5.16 Å². The van der Waals surface area contributed by atoms with Gasteiger partial charge in [0.1, 0.15) is 23.0 Å². The standard InChI is InChI=1S/C31H32N2O7/c1-20-27(36-3)17-24(18-28(20)37-4)31(40-33-25(15-16-29(34)35)22-11-7-5-8-12-22)38-19-26-21(2)39-30(32-26)23-13-9-6-10-14-23/h5-14,17-18,31H,15-16,19H2,1-4H3,(H,34,35)/b33-25+. The van der Waals surface area contributed by atoms with Crippen molar-refractivity contribution in [3.05, 3.63) is 101 Å². The average Bonchev–Trinajstić information content (AvgIpc) is 3.35. The number of aromatic nitrogens is 1. The van der Waals surface area contributed by atoms with Gasteiger partial charge in [-0.25, -0.2) is 4.98 Å². The third kappa shape index (κ3) is 7.06. The number of aliphatic carboxylic acids is 1. The van der Waals surface area contributed by atoms with Gasteiger partial charge in [0.05, 0.1) is 33.0 Å². The second-order valence-corrected chi connectivity index (χ2v) is 8.98. The molecule has 1 atom stereocenters. The molecule has 1 unspecified atom stereocenters. The van der Waals surface area contributed by atoms with Gasteiger partial charge in [0.25, 0.3) is 6.29 Å². The zero-order chi connectivity index (χ0) is 28.5. The van der Waals surface area contributed by atoms with E-state index in [2.05, 4.69) is 10.1 Å². The van der Waals surface area contributed by atoms with Crippen molar-refractivity contribution in [3.63, 3.8) is 0 Å². The highest BCUT2D eigenvalue weighted by molar-refractivity contribution is 6.01. The molecule has 0 aliphatic carbocycles. The summed E-state index contributed by atoms with van der Waals surface area (Å²) in [4.78, 5) is 21.9. The predicted octanol–water partition coefficient (Wildman–Crippen LogP) is 6.48. The fraction of sp³-hybridized carbons (Fsp3) is 0.258. The van der Waals surface area contributed by atoms with E-state index in [0.717, 1.165) is 16.7 Å². The number of carboxylic acids is 1. The van der Waals surface area contributed by atoms with Crippen LogP contribution in [0.4, 0.5) is 0 Å². The number of oxime groups is 1. The topological polar surface area (TPSA) is 113 Å². The first-order valence-electron chi connectivity index (χ1n) is 12.7. The summed E-state index contributed by atoms with van der Waals surface area (Å²) in [6, 6.07) is 22.5. The van der Waals surface area contributed by atoms with Gasteiger partial charge in [-0.05, 0) is 43.7 Å². The minimum Gasteiger partial charge on any atom is -0.496 e. The Kier molecular flexibility index (Phi) is 9.53. The lowest BCUT2D eigenvalue weighted by atomic mass is 10.1. The molecule has 0 aliphatic heterocycles. The molecule has 0 saturated heterocycles. The van der Waals surface area contributed by atoms with Crippen molar-refractivity contribution in [2.45, 2.75) is 39.6 Å². The summed E-state index contributed by atoms with van der Waals surface area (Å²) >= 11 is 0. The Labute approximate surface area is 233 Å². The molecule has 9 nitrogen and oxygen atoms in total. The van der Waals surface area contributed by atoms with Crippen LogP contribution in [0.3, 0.4) is 0 Å². The van der Waals surface area contributed by atoms with E-state index < -0.39 is 12.3 Å². The van der Waals surface area contributed by atoms with Crippen molar-refractivity contribution < 1.29 is 33.4 Å². The number of hydrogen-bond acceptors (Lipinski definition) is 8. The summed E-state index contributed by atoms with van der Waals surface area (Å²) in [5, 5.41) is 13.6. The normalized spacial score (nSPS) is 12.2. The van der Waals surface area contributed by atoms with Crippen LogP contribution in [0.25, 0.3) is 11.5 Å². The molecule has 0 bridgehead atoms. The second kappa shape index (κ2) is 13.4. The van der Waals surface area contributed by atoms with E-state index >= 15 is 0 Å².